The number of hydrogen-bond donors (Lipinski definition) is 2. The monoisotopic (exact) mass is 418 g/mol. The first-order valence-corrected chi connectivity index (χ1v) is 10.3. The van der Waals surface area contributed by atoms with Gasteiger partial charge in [-0.2, -0.15) is 0 Å². The van der Waals surface area contributed by atoms with Crippen LogP contribution in [0.4, 0.5) is 0 Å². The van der Waals surface area contributed by atoms with Crippen molar-refractivity contribution in [1.29, 1.82) is 0 Å². The summed E-state index contributed by atoms with van der Waals surface area (Å²) in [6.45, 7) is 0.0647. The zero-order chi connectivity index (χ0) is 21.0. The summed E-state index contributed by atoms with van der Waals surface area (Å²) in [7, 11) is 0.863. The van der Waals surface area contributed by atoms with E-state index < -0.39 is 10.0 Å². The third-order valence-electron chi connectivity index (χ3n) is 4.51. The smallest absolute Gasteiger partial charge is 0.251 e. The van der Waals surface area contributed by atoms with Crippen LogP contribution >= 0.6 is 0 Å². The van der Waals surface area contributed by atoms with Gasteiger partial charge in [0, 0.05) is 17.5 Å². The van der Waals surface area contributed by atoms with Crippen molar-refractivity contribution >= 4 is 20.9 Å². The molecule has 2 N–H and O–H groups in total. The minimum Gasteiger partial charge on any atom is -0.497 e. The third-order valence-corrected chi connectivity index (χ3v) is 5.99. The number of methoxy groups -OCH3 is 3. The van der Waals surface area contributed by atoms with Gasteiger partial charge in [-0.25, -0.2) is 13.1 Å². The molecule has 0 aliphatic heterocycles. The highest BCUT2D eigenvalue weighted by molar-refractivity contribution is 7.89. The van der Waals surface area contributed by atoms with Crippen LogP contribution in [0.3, 0.4) is 0 Å². The molecule has 29 heavy (non-hydrogen) atoms. The lowest BCUT2D eigenvalue weighted by Gasteiger charge is -2.11. The van der Waals surface area contributed by atoms with Gasteiger partial charge in [-0.1, -0.05) is 0 Å². The van der Waals surface area contributed by atoms with E-state index in [2.05, 4.69) is 9.71 Å². The average Bonchev–Trinajstić information content (AvgIpc) is 2.73. The van der Waals surface area contributed by atoms with Crippen LogP contribution in [-0.2, 0) is 16.4 Å². The van der Waals surface area contributed by atoms with Crippen molar-refractivity contribution in [2.75, 3.05) is 27.9 Å². The quantitative estimate of drug-likeness (QED) is 0.580. The predicted octanol–water partition coefficient (Wildman–Crippen LogP) is 2.07. The van der Waals surface area contributed by atoms with Gasteiger partial charge in [0.15, 0.2) is 0 Å². The summed E-state index contributed by atoms with van der Waals surface area (Å²) in [5, 5.41) is 0.680. The fourth-order valence-electron chi connectivity index (χ4n) is 2.98. The van der Waals surface area contributed by atoms with Gasteiger partial charge in [0.05, 0.1) is 31.7 Å². The van der Waals surface area contributed by atoms with Crippen molar-refractivity contribution in [3.63, 3.8) is 0 Å². The van der Waals surface area contributed by atoms with Crippen molar-refractivity contribution in [3.05, 3.63) is 58.4 Å². The van der Waals surface area contributed by atoms with Crippen LogP contribution in [0, 0.1) is 0 Å². The molecule has 0 saturated carbocycles. The topological polar surface area (TPSA) is 107 Å². The van der Waals surface area contributed by atoms with Crippen molar-refractivity contribution in [2.24, 2.45) is 0 Å². The van der Waals surface area contributed by atoms with Gasteiger partial charge in [-0.15, -0.1) is 0 Å². The first-order chi connectivity index (χ1) is 13.9. The first-order valence-electron chi connectivity index (χ1n) is 8.80. The van der Waals surface area contributed by atoms with Gasteiger partial charge in [0.1, 0.15) is 17.2 Å². The van der Waals surface area contributed by atoms with Crippen molar-refractivity contribution in [1.82, 2.24) is 9.71 Å². The number of sulfonamides is 1. The number of rotatable bonds is 8. The maximum absolute atomic E-state index is 12.5. The van der Waals surface area contributed by atoms with E-state index in [0.29, 0.717) is 33.7 Å². The Morgan fingerprint density at radius 2 is 1.59 bits per heavy atom. The number of fused-ring (bicyclic) bond motifs is 1. The van der Waals surface area contributed by atoms with Crippen molar-refractivity contribution < 1.29 is 22.6 Å². The number of pyridine rings is 1. The van der Waals surface area contributed by atoms with Crippen LogP contribution in [0.5, 0.6) is 17.2 Å². The maximum Gasteiger partial charge on any atom is 0.251 e. The Kier molecular flexibility index (Phi) is 6.09. The molecule has 9 heteroatoms. The van der Waals surface area contributed by atoms with E-state index in [0.717, 1.165) is 0 Å². The fraction of sp³-hybridized carbons (Fsp3) is 0.250. The summed E-state index contributed by atoms with van der Waals surface area (Å²) in [4.78, 5) is 15.4. The predicted molar refractivity (Wildman–Crippen MR) is 110 cm³/mol. The number of aromatic nitrogens is 1. The Labute approximate surface area is 168 Å². The van der Waals surface area contributed by atoms with Crippen LogP contribution in [0.25, 0.3) is 10.9 Å². The van der Waals surface area contributed by atoms with E-state index in [-0.39, 0.29) is 23.4 Å². The van der Waals surface area contributed by atoms with Crippen molar-refractivity contribution in [2.45, 2.75) is 11.3 Å². The average molecular weight is 418 g/mol. The van der Waals surface area contributed by atoms with E-state index in [1.807, 2.05) is 0 Å². The number of ether oxygens (including phenoxy) is 3. The molecule has 0 spiro atoms. The Morgan fingerprint density at radius 3 is 2.21 bits per heavy atom. The molecule has 2 aromatic carbocycles. The van der Waals surface area contributed by atoms with Crippen LogP contribution in [0.15, 0.2) is 52.2 Å². The second-order valence-corrected chi connectivity index (χ2v) is 7.97. The number of aromatic amines is 1. The standard InChI is InChI=1S/C20H22N2O6S/c1-26-14-4-6-15(7-5-14)29(24,25)21-11-10-13-12-16-17(27-2)8-9-18(28-3)19(16)22-20(13)23/h4-9,12,21H,10-11H2,1-3H3,(H,22,23). The Morgan fingerprint density at radius 1 is 0.931 bits per heavy atom. The van der Waals surface area contributed by atoms with Crippen LogP contribution in [0.1, 0.15) is 5.56 Å². The zero-order valence-corrected chi connectivity index (χ0v) is 17.1. The van der Waals surface area contributed by atoms with Gasteiger partial charge < -0.3 is 19.2 Å². The number of H-pyrrole nitrogens is 1. The molecule has 1 heterocycles. The molecule has 3 aromatic rings. The minimum absolute atomic E-state index is 0.0647. The number of nitrogens with one attached hydrogen (secondary N) is 2. The van der Waals surface area contributed by atoms with Gasteiger partial charge >= 0.3 is 0 Å². The molecular weight excluding hydrogens is 396 g/mol. The van der Waals surface area contributed by atoms with E-state index >= 15 is 0 Å². The molecular formula is C20H22N2O6S. The Bertz CT molecular complexity index is 1170. The van der Waals surface area contributed by atoms with Crippen LogP contribution < -0.4 is 24.5 Å². The minimum atomic E-state index is -3.70. The molecule has 8 nitrogen and oxygen atoms in total. The highest BCUT2D eigenvalue weighted by Gasteiger charge is 2.15. The molecule has 1 aromatic heterocycles. The molecule has 0 atom stereocenters. The SMILES string of the molecule is COc1ccc(S(=O)(=O)NCCc2cc3c(OC)ccc(OC)c3[nH]c2=O)cc1. The lowest BCUT2D eigenvalue weighted by molar-refractivity contribution is 0.409. The van der Waals surface area contributed by atoms with E-state index in [4.69, 9.17) is 14.2 Å². The Balaban J connectivity index is 1.81. The normalized spacial score (nSPS) is 11.4. The third kappa shape index (κ3) is 4.36. The van der Waals surface area contributed by atoms with Gasteiger partial charge in [0.2, 0.25) is 10.0 Å². The second-order valence-electron chi connectivity index (χ2n) is 6.21. The maximum atomic E-state index is 12.5. The van der Waals surface area contributed by atoms with Crippen LogP contribution in [-0.4, -0.2) is 41.3 Å². The summed E-state index contributed by atoms with van der Waals surface area (Å²) in [6, 6.07) is 11.2. The van der Waals surface area contributed by atoms with Gasteiger partial charge in [-0.05, 0) is 48.9 Å². The molecule has 0 saturated heterocycles. The van der Waals surface area contributed by atoms with Gasteiger partial charge in [0.25, 0.3) is 5.56 Å². The summed E-state index contributed by atoms with van der Waals surface area (Å²) >= 11 is 0. The molecule has 0 bridgehead atoms. The Hall–Kier alpha value is -3.04. The van der Waals surface area contributed by atoms with E-state index in [1.54, 1.807) is 30.3 Å². The zero-order valence-electron chi connectivity index (χ0n) is 16.3. The molecule has 0 radical (unpaired) electrons. The second kappa shape index (κ2) is 8.54. The molecule has 154 valence electrons. The summed E-state index contributed by atoms with van der Waals surface area (Å²) in [5.74, 6) is 1.66. The summed E-state index contributed by atoms with van der Waals surface area (Å²) < 4.78 is 43.0. The van der Waals surface area contributed by atoms with E-state index in [1.165, 1.54) is 33.5 Å². The largest absolute Gasteiger partial charge is 0.497 e. The first kappa shape index (κ1) is 20.7. The highest BCUT2D eigenvalue weighted by Crippen LogP contribution is 2.31. The molecule has 0 unspecified atom stereocenters. The summed E-state index contributed by atoms with van der Waals surface area (Å²) in [5.41, 5.74) is 0.647. The molecule has 0 fully saturated rings. The molecule has 0 aliphatic rings. The number of benzene rings is 2. The lowest BCUT2D eigenvalue weighted by atomic mass is 10.1. The summed E-state index contributed by atoms with van der Waals surface area (Å²) in [6.07, 6.45) is 0.209. The molecule has 0 amide bonds. The highest BCUT2D eigenvalue weighted by atomic mass is 32.2. The molecule has 3 rings (SSSR count). The number of hydrogen-bond acceptors (Lipinski definition) is 6. The lowest BCUT2D eigenvalue weighted by Crippen LogP contribution is -2.27. The van der Waals surface area contributed by atoms with E-state index in [9.17, 15) is 13.2 Å². The van der Waals surface area contributed by atoms with Crippen LogP contribution in [0.2, 0.25) is 0 Å². The molecule has 0 aliphatic carbocycles. The fourth-order valence-corrected chi connectivity index (χ4v) is 4.01. The van der Waals surface area contributed by atoms with Crippen molar-refractivity contribution in [3.8, 4) is 17.2 Å². The van der Waals surface area contributed by atoms with Gasteiger partial charge in [-0.3, -0.25) is 4.79 Å².